The fourth-order valence-corrected chi connectivity index (χ4v) is 2.87. The van der Waals surface area contributed by atoms with E-state index < -0.39 is 0 Å². The predicted molar refractivity (Wildman–Crippen MR) is 71.2 cm³/mol. The zero-order chi connectivity index (χ0) is 11.5. The summed E-state index contributed by atoms with van der Waals surface area (Å²) in [5, 5.41) is 7.10. The van der Waals surface area contributed by atoms with E-state index in [1.54, 1.807) is 11.1 Å². The number of rotatable bonds is 4. The highest BCUT2D eigenvalue weighted by Gasteiger charge is 2.16. The molecule has 1 aromatic carbocycles. The molecule has 0 spiro atoms. The van der Waals surface area contributed by atoms with Gasteiger partial charge in [0, 0.05) is 12.6 Å². The van der Waals surface area contributed by atoms with E-state index in [4.69, 9.17) is 0 Å². The minimum atomic E-state index is 0.816. The molecule has 0 radical (unpaired) electrons. The summed E-state index contributed by atoms with van der Waals surface area (Å²) in [6.45, 7) is 3.34. The second-order valence-corrected chi connectivity index (χ2v) is 5.31. The van der Waals surface area contributed by atoms with Crippen LogP contribution < -0.4 is 10.6 Å². The maximum Gasteiger partial charge on any atom is 0.0208 e. The molecule has 2 nitrogen and oxygen atoms in total. The number of hydrogen-bond donors (Lipinski definition) is 2. The average Bonchev–Trinajstić information content (AvgIpc) is 2.32. The third-order valence-electron chi connectivity index (χ3n) is 4.17. The van der Waals surface area contributed by atoms with Crippen LogP contribution >= 0.6 is 0 Å². The Hall–Kier alpha value is -0.860. The summed E-state index contributed by atoms with van der Waals surface area (Å²) in [6, 6.07) is 7.61. The van der Waals surface area contributed by atoms with Crippen molar-refractivity contribution in [1.82, 2.24) is 10.6 Å². The summed E-state index contributed by atoms with van der Waals surface area (Å²) in [5.74, 6) is 0. The van der Waals surface area contributed by atoms with Crippen LogP contribution in [0.2, 0.25) is 0 Å². The van der Waals surface area contributed by atoms with Gasteiger partial charge in [0.1, 0.15) is 0 Å². The van der Waals surface area contributed by atoms with Gasteiger partial charge in [-0.2, -0.15) is 0 Å². The lowest BCUT2D eigenvalue weighted by atomic mass is 9.92. The van der Waals surface area contributed by atoms with Gasteiger partial charge in [0.05, 0.1) is 0 Å². The zero-order valence-corrected chi connectivity index (χ0v) is 10.5. The van der Waals surface area contributed by atoms with Crippen molar-refractivity contribution in [2.75, 3.05) is 13.1 Å². The molecule has 1 aliphatic carbocycles. The van der Waals surface area contributed by atoms with Gasteiger partial charge in [0.2, 0.25) is 0 Å². The molecule has 0 atom stereocenters. The summed E-state index contributed by atoms with van der Waals surface area (Å²) in [5.41, 5.74) is 4.69. The van der Waals surface area contributed by atoms with Crippen LogP contribution in [0, 0.1) is 0 Å². The Kier molecular flexibility index (Phi) is 3.44. The monoisotopic (exact) mass is 230 g/mol. The molecule has 1 fully saturated rings. The van der Waals surface area contributed by atoms with Gasteiger partial charge in [-0.05, 0) is 55.5 Å². The summed E-state index contributed by atoms with van der Waals surface area (Å²) >= 11 is 0. The number of benzene rings is 1. The number of nitrogens with one attached hydrogen (secondary N) is 2. The van der Waals surface area contributed by atoms with Gasteiger partial charge in [0.15, 0.2) is 0 Å². The molecule has 1 heterocycles. The first-order valence-corrected chi connectivity index (χ1v) is 6.97. The number of hydrogen-bond acceptors (Lipinski definition) is 2. The molecule has 3 rings (SSSR count). The number of fused-ring (bicyclic) bond motifs is 1. The molecule has 2 aliphatic rings. The summed E-state index contributed by atoms with van der Waals surface area (Å²) < 4.78 is 0. The Morgan fingerprint density at radius 3 is 3.06 bits per heavy atom. The smallest absolute Gasteiger partial charge is 0.0208 e. The molecule has 0 aromatic heterocycles. The van der Waals surface area contributed by atoms with Crippen molar-refractivity contribution in [3.63, 3.8) is 0 Å². The van der Waals surface area contributed by atoms with Crippen LogP contribution in [0.4, 0.5) is 0 Å². The van der Waals surface area contributed by atoms with Crippen LogP contribution in [-0.2, 0) is 19.4 Å². The normalized spacial score (nSPS) is 19.8. The van der Waals surface area contributed by atoms with Crippen LogP contribution in [-0.4, -0.2) is 19.1 Å². The first kappa shape index (κ1) is 11.2. The minimum absolute atomic E-state index is 0.816. The molecular weight excluding hydrogens is 208 g/mol. The molecule has 1 aliphatic heterocycles. The van der Waals surface area contributed by atoms with Crippen LogP contribution in [0.3, 0.4) is 0 Å². The Balaban J connectivity index is 1.61. The highest BCUT2D eigenvalue weighted by molar-refractivity contribution is 5.37. The molecule has 1 aromatic rings. The van der Waals surface area contributed by atoms with E-state index in [9.17, 15) is 0 Å². The van der Waals surface area contributed by atoms with Crippen molar-refractivity contribution in [1.29, 1.82) is 0 Å². The standard InChI is InChI=1S/C15H22N2/c1-3-12(7-10-17-14-5-2-6-14)15-8-9-16-11-13(15)4-1/h1,3-4,14,16-17H,2,5-11H2. The molecule has 92 valence electrons. The van der Waals surface area contributed by atoms with Gasteiger partial charge in [-0.15, -0.1) is 0 Å². The van der Waals surface area contributed by atoms with Gasteiger partial charge < -0.3 is 10.6 Å². The molecule has 2 N–H and O–H groups in total. The Bertz CT molecular complexity index is 383. The van der Waals surface area contributed by atoms with Gasteiger partial charge in [-0.25, -0.2) is 0 Å². The van der Waals surface area contributed by atoms with E-state index in [2.05, 4.69) is 28.8 Å². The fraction of sp³-hybridized carbons (Fsp3) is 0.600. The van der Waals surface area contributed by atoms with Crippen LogP contribution in [0.25, 0.3) is 0 Å². The van der Waals surface area contributed by atoms with Gasteiger partial charge >= 0.3 is 0 Å². The van der Waals surface area contributed by atoms with Gasteiger partial charge in [-0.3, -0.25) is 0 Å². The topological polar surface area (TPSA) is 24.1 Å². The quantitative estimate of drug-likeness (QED) is 0.827. The van der Waals surface area contributed by atoms with Crippen LogP contribution in [0.1, 0.15) is 36.0 Å². The molecule has 1 saturated carbocycles. The molecule has 0 bridgehead atoms. The second kappa shape index (κ2) is 5.19. The van der Waals surface area contributed by atoms with E-state index in [1.807, 2.05) is 0 Å². The molecule has 2 heteroatoms. The van der Waals surface area contributed by atoms with E-state index >= 15 is 0 Å². The summed E-state index contributed by atoms with van der Waals surface area (Å²) in [6.07, 6.45) is 6.59. The average molecular weight is 230 g/mol. The Morgan fingerprint density at radius 1 is 1.29 bits per heavy atom. The highest BCUT2D eigenvalue weighted by Crippen LogP contribution is 2.20. The first-order valence-electron chi connectivity index (χ1n) is 6.97. The molecule has 0 unspecified atom stereocenters. The van der Waals surface area contributed by atoms with Crippen LogP contribution in [0.15, 0.2) is 18.2 Å². The second-order valence-electron chi connectivity index (χ2n) is 5.31. The Morgan fingerprint density at radius 2 is 2.24 bits per heavy atom. The van der Waals surface area contributed by atoms with E-state index in [0.717, 1.165) is 25.7 Å². The molecule has 17 heavy (non-hydrogen) atoms. The fourth-order valence-electron chi connectivity index (χ4n) is 2.87. The van der Waals surface area contributed by atoms with E-state index in [0.29, 0.717) is 0 Å². The van der Waals surface area contributed by atoms with Gasteiger partial charge in [-0.1, -0.05) is 24.6 Å². The Labute approximate surface area is 104 Å². The maximum absolute atomic E-state index is 3.66. The lowest BCUT2D eigenvalue weighted by Crippen LogP contribution is -2.36. The zero-order valence-electron chi connectivity index (χ0n) is 10.5. The minimum Gasteiger partial charge on any atom is -0.314 e. The third-order valence-corrected chi connectivity index (χ3v) is 4.17. The van der Waals surface area contributed by atoms with Crippen LogP contribution in [0.5, 0.6) is 0 Å². The lowest BCUT2D eigenvalue weighted by Gasteiger charge is -2.27. The molecular formula is C15H22N2. The largest absolute Gasteiger partial charge is 0.314 e. The first-order chi connectivity index (χ1) is 8.43. The molecule has 0 amide bonds. The summed E-state index contributed by atoms with van der Waals surface area (Å²) in [7, 11) is 0. The molecule has 0 saturated heterocycles. The van der Waals surface area contributed by atoms with Crippen molar-refractivity contribution >= 4 is 0 Å². The van der Waals surface area contributed by atoms with Crippen molar-refractivity contribution in [3.05, 3.63) is 34.9 Å². The van der Waals surface area contributed by atoms with Crippen molar-refractivity contribution in [3.8, 4) is 0 Å². The van der Waals surface area contributed by atoms with Crippen molar-refractivity contribution < 1.29 is 0 Å². The van der Waals surface area contributed by atoms with E-state index in [-0.39, 0.29) is 0 Å². The SMILES string of the molecule is c1cc(CCNC2CCC2)c2c(c1)CNCC2. The van der Waals surface area contributed by atoms with Crippen molar-refractivity contribution in [2.24, 2.45) is 0 Å². The van der Waals surface area contributed by atoms with Crippen molar-refractivity contribution in [2.45, 2.75) is 44.7 Å². The van der Waals surface area contributed by atoms with Gasteiger partial charge in [0.25, 0.3) is 0 Å². The maximum atomic E-state index is 3.66. The lowest BCUT2D eigenvalue weighted by molar-refractivity contribution is 0.342. The third kappa shape index (κ3) is 2.53. The highest BCUT2D eigenvalue weighted by atomic mass is 14.9. The predicted octanol–water partition coefficient (Wildman–Crippen LogP) is 2.02. The summed E-state index contributed by atoms with van der Waals surface area (Å²) in [4.78, 5) is 0. The van der Waals surface area contributed by atoms with E-state index in [1.165, 1.54) is 37.7 Å².